The van der Waals surface area contributed by atoms with Crippen LogP contribution < -0.4 is 4.57 Å². The molecule has 236 valence electrons. The van der Waals surface area contributed by atoms with E-state index in [-0.39, 0.29) is 0 Å². The van der Waals surface area contributed by atoms with Gasteiger partial charge >= 0.3 is 0 Å². The average Bonchev–Trinajstić information content (AvgIpc) is 3.62. The molecule has 2 aromatic heterocycles. The number of fused-ring (bicyclic) bond motifs is 4. The number of hydrogen-bond acceptors (Lipinski definition) is 1. The highest BCUT2D eigenvalue weighted by atomic mass is 16.3. The van der Waals surface area contributed by atoms with Gasteiger partial charge in [-0.3, -0.25) is 0 Å². The van der Waals surface area contributed by atoms with E-state index >= 15 is 0 Å². The number of benzene rings is 5. The van der Waals surface area contributed by atoms with E-state index in [0.717, 1.165) is 52.7 Å². The summed E-state index contributed by atoms with van der Waals surface area (Å²) >= 11 is 0. The molecule has 5 aromatic carbocycles. The van der Waals surface area contributed by atoms with Crippen LogP contribution in [0.2, 0.25) is 0 Å². The third kappa shape index (κ3) is 5.19. The first-order valence-corrected chi connectivity index (χ1v) is 17.2. The third-order valence-electron chi connectivity index (χ3n) is 9.62. The van der Waals surface area contributed by atoms with E-state index in [0.29, 0.717) is 11.8 Å². The van der Waals surface area contributed by atoms with Crippen molar-refractivity contribution in [2.24, 2.45) is 0 Å². The minimum absolute atomic E-state index is 0.304. The number of nitrogens with zero attached hydrogens (tertiary/aromatic N) is 2. The van der Waals surface area contributed by atoms with Gasteiger partial charge in [-0.05, 0) is 77.4 Å². The molecular formula is C44H45N2O+. The SMILES string of the molecule is C=C(CC)[n+]1c(-c2cc3c(cc2CCC)oc2ccccc23)n(-c2c(C(C)C)cc(-c3ccccc3)cc2C(C)C)c2ccccc21. The second kappa shape index (κ2) is 12.4. The Balaban J connectivity index is 1.67. The molecule has 0 amide bonds. The molecule has 7 rings (SSSR count). The number of furan rings is 1. The predicted molar refractivity (Wildman–Crippen MR) is 199 cm³/mol. The second-order valence-electron chi connectivity index (χ2n) is 13.4. The van der Waals surface area contributed by atoms with Crippen LogP contribution in [0, 0.1) is 0 Å². The fraction of sp³-hybridized carbons (Fsp3) is 0.250. The number of aryl methyl sites for hydroxylation is 1. The summed E-state index contributed by atoms with van der Waals surface area (Å²) in [6.07, 6.45) is 2.82. The van der Waals surface area contributed by atoms with Crippen LogP contribution in [0.4, 0.5) is 0 Å². The minimum Gasteiger partial charge on any atom is -0.456 e. The van der Waals surface area contributed by atoms with Crippen LogP contribution >= 0.6 is 0 Å². The van der Waals surface area contributed by atoms with E-state index in [2.05, 4.69) is 160 Å². The predicted octanol–water partition coefficient (Wildman–Crippen LogP) is 12.2. The lowest BCUT2D eigenvalue weighted by Crippen LogP contribution is -2.34. The molecule has 0 saturated carbocycles. The second-order valence-corrected chi connectivity index (χ2v) is 13.4. The molecule has 0 N–H and O–H groups in total. The highest BCUT2D eigenvalue weighted by Crippen LogP contribution is 2.42. The van der Waals surface area contributed by atoms with Gasteiger partial charge in [-0.25, -0.2) is 0 Å². The number of allylic oxidation sites excluding steroid dienone is 1. The fourth-order valence-electron chi connectivity index (χ4n) is 7.23. The fourth-order valence-corrected chi connectivity index (χ4v) is 7.23. The number of imidazole rings is 1. The van der Waals surface area contributed by atoms with Crippen LogP contribution in [0.1, 0.15) is 82.9 Å². The third-order valence-corrected chi connectivity index (χ3v) is 9.62. The van der Waals surface area contributed by atoms with Crippen molar-refractivity contribution in [2.45, 2.75) is 72.6 Å². The van der Waals surface area contributed by atoms with Crippen molar-refractivity contribution in [2.75, 3.05) is 0 Å². The lowest BCUT2D eigenvalue weighted by Gasteiger charge is -2.21. The summed E-state index contributed by atoms with van der Waals surface area (Å²) in [5.41, 5.74) is 14.3. The summed E-state index contributed by atoms with van der Waals surface area (Å²) in [6, 6.07) is 37.6. The molecule has 0 aliphatic carbocycles. The normalized spacial score (nSPS) is 11.9. The highest BCUT2D eigenvalue weighted by Gasteiger charge is 2.34. The van der Waals surface area contributed by atoms with Gasteiger partial charge in [-0.1, -0.05) is 115 Å². The summed E-state index contributed by atoms with van der Waals surface area (Å²) < 4.78 is 11.4. The van der Waals surface area contributed by atoms with Crippen LogP contribution in [0.5, 0.6) is 0 Å². The maximum absolute atomic E-state index is 6.43. The molecule has 3 nitrogen and oxygen atoms in total. The molecule has 3 heteroatoms. The van der Waals surface area contributed by atoms with Crippen molar-refractivity contribution >= 4 is 38.7 Å². The van der Waals surface area contributed by atoms with Crippen LogP contribution in [0.15, 0.2) is 114 Å². The Morgan fingerprint density at radius 3 is 2.06 bits per heavy atom. The molecule has 0 aliphatic rings. The van der Waals surface area contributed by atoms with Crippen molar-refractivity contribution in [3.63, 3.8) is 0 Å². The lowest BCUT2D eigenvalue weighted by atomic mass is 9.88. The van der Waals surface area contributed by atoms with Gasteiger partial charge in [0.15, 0.2) is 11.0 Å². The molecule has 0 unspecified atom stereocenters. The van der Waals surface area contributed by atoms with Crippen molar-refractivity contribution in [3.05, 3.63) is 126 Å². The monoisotopic (exact) mass is 617 g/mol. The van der Waals surface area contributed by atoms with E-state index in [4.69, 9.17) is 4.42 Å². The Kier molecular flexibility index (Phi) is 8.09. The van der Waals surface area contributed by atoms with Gasteiger partial charge in [0.2, 0.25) is 0 Å². The largest absolute Gasteiger partial charge is 0.456 e. The molecule has 0 atom stereocenters. The minimum atomic E-state index is 0.304. The van der Waals surface area contributed by atoms with Crippen molar-refractivity contribution in [3.8, 4) is 28.2 Å². The topological polar surface area (TPSA) is 21.9 Å². The zero-order valence-corrected chi connectivity index (χ0v) is 28.6. The van der Waals surface area contributed by atoms with E-state index < -0.39 is 0 Å². The number of para-hydroxylation sites is 3. The van der Waals surface area contributed by atoms with Gasteiger partial charge in [0.1, 0.15) is 22.6 Å². The Morgan fingerprint density at radius 2 is 1.38 bits per heavy atom. The zero-order valence-electron chi connectivity index (χ0n) is 28.6. The molecule has 0 bridgehead atoms. The summed E-state index contributed by atoms with van der Waals surface area (Å²) in [4.78, 5) is 0. The van der Waals surface area contributed by atoms with Crippen molar-refractivity contribution < 1.29 is 8.98 Å². The van der Waals surface area contributed by atoms with Gasteiger partial charge in [0.25, 0.3) is 5.82 Å². The molecule has 2 heterocycles. The summed E-state index contributed by atoms with van der Waals surface area (Å²) in [5.74, 6) is 1.77. The number of rotatable bonds is 9. The van der Waals surface area contributed by atoms with E-state index in [9.17, 15) is 0 Å². The van der Waals surface area contributed by atoms with Crippen LogP contribution in [-0.4, -0.2) is 4.57 Å². The Morgan fingerprint density at radius 1 is 0.723 bits per heavy atom. The molecule has 0 fully saturated rings. The molecule has 0 radical (unpaired) electrons. The average molecular weight is 618 g/mol. The quantitative estimate of drug-likeness (QED) is 0.148. The van der Waals surface area contributed by atoms with Gasteiger partial charge < -0.3 is 4.42 Å². The zero-order chi connectivity index (χ0) is 32.8. The molecule has 47 heavy (non-hydrogen) atoms. The molecule has 0 saturated heterocycles. The molecular weight excluding hydrogens is 572 g/mol. The van der Waals surface area contributed by atoms with E-state index in [1.807, 2.05) is 0 Å². The van der Waals surface area contributed by atoms with Crippen LogP contribution in [0.3, 0.4) is 0 Å². The Hall–Kier alpha value is -4.89. The maximum atomic E-state index is 6.43. The Labute approximate surface area is 278 Å². The van der Waals surface area contributed by atoms with Crippen molar-refractivity contribution in [1.82, 2.24) is 4.57 Å². The summed E-state index contributed by atoms with van der Waals surface area (Å²) in [6.45, 7) is 18.4. The maximum Gasteiger partial charge on any atom is 0.300 e. The standard InChI is InChI=1S/C44H45N2O/c1-8-17-32-26-42-38(34-20-13-16-23-41(34)47-42)27-37(32)44-45(30(7)9-2)39-21-14-15-22-40(39)46(44)43-35(28(3)4)24-33(25-36(43)29(5)6)31-18-11-10-12-19-31/h10-16,18-29H,7-9,17H2,1-6H3/q+1. The number of aromatic nitrogens is 2. The van der Waals surface area contributed by atoms with Gasteiger partial charge in [0, 0.05) is 28.3 Å². The highest BCUT2D eigenvalue weighted by molar-refractivity contribution is 6.06. The Bertz CT molecular complexity index is 2230. The van der Waals surface area contributed by atoms with Crippen molar-refractivity contribution in [1.29, 1.82) is 0 Å². The molecule has 0 aliphatic heterocycles. The summed E-state index contributed by atoms with van der Waals surface area (Å²) in [5, 5.41) is 2.29. The van der Waals surface area contributed by atoms with Crippen LogP contribution in [-0.2, 0) is 6.42 Å². The molecule has 0 spiro atoms. The first-order chi connectivity index (χ1) is 22.8. The first-order valence-electron chi connectivity index (χ1n) is 17.2. The van der Waals surface area contributed by atoms with Gasteiger partial charge in [0.05, 0.1) is 5.56 Å². The lowest BCUT2D eigenvalue weighted by molar-refractivity contribution is -0.542. The number of hydrogen-bond donors (Lipinski definition) is 0. The van der Waals surface area contributed by atoms with Gasteiger partial charge in [-0.2, -0.15) is 9.13 Å². The van der Waals surface area contributed by atoms with Crippen LogP contribution in [0.25, 0.3) is 66.9 Å². The van der Waals surface area contributed by atoms with E-state index in [1.165, 1.54) is 50.1 Å². The van der Waals surface area contributed by atoms with E-state index in [1.54, 1.807) is 0 Å². The summed E-state index contributed by atoms with van der Waals surface area (Å²) in [7, 11) is 0. The molecule has 7 aromatic rings. The van der Waals surface area contributed by atoms with Gasteiger partial charge in [-0.15, -0.1) is 0 Å². The first kappa shape index (κ1) is 30.7. The smallest absolute Gasteiger partial charge is 0.300 e.